The minimum absolute atomic E-state index is 0.0901. The molecule has 3 heteroatoms. The zero-order valence-electron chi connectivity index (χ0n) is 11.8. The van der Waals surface area contributed by atoms with Gasteiger partial charge in [0.1, 0.15) is 12.2 Å². The van der Waals surface area contributed by atoms with Crippen molar-refractivity contribution in [2.75, 3.05) is 0 Å². The second kappa shape index (κ2) is 7.13. The smallest absolute Gasteiger partial charge is 0.163 e. The second-order valence-corrected chi connectivity index (χ2v) is 5.45. The quantitative estimate of drug-likeness (QED) is 0.561. The van der Waals surface area contributed by atoms with Gasteiger partial charge in [0, 0.05) is 0 Å². The minimum Gasteiger partial charge on any atom is -0.378 e. The summed E-state index contributed by atoms with van der Waals surface area (Å²) in [6.45, 7) is 5.93. The van der Waals surface area contributed by atoms with Gasteiger partial charge in [-0.05, 0) is 20.3 Å². The fourth-order valence-electron chi connectivity index (χ4n) is 2.40. The van der Waals surface area contributed by atoms with Crippen LogP contribution >= 0.6 is 0 Å². The zero-order chi connectivity index (χ0) is 13.6. The number of terminal acetylenes is 1. The Hall–Kier alpha value is -0.560. The van der Waals surface area contributed by atoms with Crippen LogP contribution < -0.4 is 0 Å². The van der Waals surface area contributed by atoms with Gasteiger partial charge in [-0.1, -0.05) is 44.9 Å². The molecule has 0 radical (unpaired) electrons. The Morgan fingerprint density at radius 2 is 1.89 bits per heavy atom. The summed E-state index contributed by atoms with van der Waals surface area (Å²) in [6, 6.07) is 0. The standard InChI is InChI=1S/C15H26O3/c1-5-7-8-9-10-11-13-14(12(16)6-2)18-15(3,4)17-13/h2,12-14,16H,5,7-11H2,1,3-4H3/t12-,13+,14-/m1/s1. The Morgan fingerprint density at radius 1 is 1.22 bits per heavy atom. The Morgan fingerprint density at radius 3 is 2.50 bits per heavy atom. The van der Waals surface area contributed by atoms with Crippen LogP contribution in [0.5, 0.6) is 0 Å². The molecule has 1 rings (SSSR count). The lowest BCUT2D eigenvalue weighted by molar-refractivity contribution is -0.152. The molecule has 18 heavy (non-hydrogen) atoms. The monoisotopic (exact) mass is 254 g/mol. The highest BCUT2D eigenvalue weighted by Crippen LogP contribution is 2.32. The number of unbranched alkanes of at least 4 members (excludes halogenated alkanes) is 4. The first kappa shape index (κ1) is 15.5. The maximum Gasteiger partial charge on any atom is 0.163 e. The molecule has 1 heterocycles. The van der Waals surface area contributed by atoms with E-state index in [1.807, 2.05) is 13.8 Å². The van der Waals surface area contributed by atoms with Crippen molar-refractivity contribution in [3.05, 3.63) is 0 Å². The second-order valence-electron chi connectivity index (χ2n) is 5.45. The highest BCUT2D eigenvalue weighted by atomic mass is 16.8. The summed E-state index contributed by atoms with van der Waals surface area (Å²) in [7, 11) is 0. The molecule has 0 aromatic heterocycles. The van der Waals surface area contributed by atoms with Crippen LogP contribution in [0.4, 0.5) is 0 Å². The lowest BCUT2D eigenvalue weighted by Crippen LogP contribution is -2.34. The maximum atomic E-state index is 9.76. The molecular weight excluding hydrogens is 228 g/mol. The van der Waals surface area contributed by atoms with Crippen molar-refractivity contribution in [3.8, 4) is 12.3 Å². The SMILES string of the molecule is C#C[C@@H](O)[C@H]1OC(C)(C)O[C@H]1CCCCCCC. The molecule has 0 unspecified atom stereocenters. The number of aliphatic hydroxyl groups excluding tert-OH is 1. The van der Waals surface area contributed by atoms with E-state index >= 15 is 0 Å². The average Bonchev–Trinajstić information content (AvgIpc) is 2.63. The zero-order valence-corrected chi connectivity index (χ0v) is 11.8. The minimum atomic E-state index is -0.882. The lowest BCUT2D eigenvalue weighted by Gasteiger charge is -2.18. The topological polar surface area (TPSA) is 38.7 Å². The Balaban J connectivity index is 2.39. The fourth-order valence-corrected chi connectivity index (χ4v) is 2.40. The summed E-state index contributed by atoms with van der Waals surface area (Å²) >= 11 is 0. The van der Waals surface area contributed by atoms with E-state index in [9.17, 15) is 5.11 Å². The average molecular weight is 254 g/mol. The predicted octanol–water partition coefficient (Wildman–Crippen LogP) is 2.86. The fraction of sp³-hybridized carbons (Fsp3) is 0.867. The summed E-state index contributed by atoms with van der Waals surface area (Å²) in [5, 5.41) is 9.76. The molecule has 0 aliphatic carbocycles. The third-order valence-corrected chi connectivity index (χ3v) is 3.30. The molecule has 1 N–H and O–H groups in total. The molecule has 0 spiro atoms. The Bertz CT molecular complexity index is 280. The molecule has 0 saturated carbocycles. The van der Waals surface area contributed by atoms with E-state index in [0.29, 0.717) is 0 Å². The van der Waals surface area contributed by atoms with Crippen molar-refractivity contribution >= 4 is 0 Å². The van der Waals surface area contributed by atoms with Crippen molar-refractivity contribution < 1.29 is 14.6 Å². The predicted molar refractivity (Wildman–Crippen MR) is 72.0 cm³/mol. The van der Waals surface area contributed by atoms with Gasteiger partial charge in [-0.15, -0.1) is 6.42 Å². The summed E-state index contributed by atoms with van der Waals surface area (Å²) in [5.74, 6) is 1.69. The molecule has 104 valence electrons. The van der Waals surface area contributed by atoms with E-state index in [1.165, 1.54) is 25.7 Å². The van der Waals surface area contributed by atoms with E-state index in [0.717, 1.165) is 12.8 Å². The molecule has 1 aliphatic heterocycles. The molecular formula is C15H26O3. The summed E-state index contributed by atoms with van der Waals surface area (Å²) in [5.41, 5.74) is 0. The number of aliphatic hydroxyl groups is 1. The van der Waals surface area contributed by atoms with Gasteiger partial charge < -0.3 is 14.6 Å². The molecule has 1 saturated heterocycles. The molecule has 0 amide bonds. The first-order valence-electron chi connectivity index (χ1n) is 7.00. The number of rotatable bonds is 7. The van der Waals surface area contributed by atoms with Crippen LogP contribution in [0.3, 0.4) is 0 Å². The normalized spacial score (nSPS) is 27.9. The van der Waals surface area contributed by atoms with Gasteiger partial charge in [0.25, 0.3) is 0 Å². The molecule has 0 bridgehead atoms. The van der Waals surface area contributed by atoms with Gasteiger partial charge in [-0.3, -0.25) is 0 Å². The van der Waals surface area contributed by atoms with E-state index in [1.54, 1.807) is 0 Å². The molecule has 1 fully saturated rings. The maximum absolute atomic E-state index is 9.76. The van der Waals surface area contributed by atoms with Crippen LogP contribution in [0.25, 0.3) is 0 Å². The Labute approximate surface area is 111 Å². The summed E-state index contributed by atoms with van der Waals surface area (Å²) in [4.78, 5) is 0. The molecule has 3 nitrogen and oxygen atoms in total. The summed E-state index contributed by atoms with van der Waals surface area (Å²) < 4.78 is 11.5. The van der Waals surface area contributed by atoms with Gasteiger partial charge in [-0.25, -0.2) is 0 Å². The number of hydrogen-bond donors (Lipinski definition) is 1. The summed E-state index contributed by atoms with van der Waals surface area (Å²) in [6.07, 6.45) is 10.9. The van der Waals surface area contributed by atoms with Crippen LogP contribution in [0.15, 0.2) is 0 Å². The Kier molecular flexibility index (Phi) is 6.14. The van der Waals surface area contributed by atoms with Crippen LogP contribution in [0, 0.1) is 12.3 Å². The highest BCUT2D eigenvalue weighted by molar-refractivity contribution is 5.02. The number of ether oxygens (including phenoxy) is 2. The van der Waals surface area contributed by atoms with E-state index in [-0.39, 0.29) is 6.10 Å². The van der Waals surface area contributed by atoms with E-state index < -0.39 is 18.0 Å². The largest absolute Gasteiger partial charge is 0.378 e. The van der Waals surface area contributed by atoms with Crippen molar-refractivity contribution in [1.82, 2.24) is 0 Å². The lowest BCUT2D eigenvalue weighted by atomic mass is 10.0. The van der Waals surface area contributed by atoms with Gasteiger partial charge in [0.2, 0.25) is 0 Å². The van der Waals surface area contributed by atoms with E-state index in [2.05, 4.69) is 12.8 Å². The molecule has 3 atom stereocenters. The van der Waals surface area contributed by atoms with Gasteiger partial charge in [0.05, 0.1) is 6.10 Å². The van der Waals surface area contributed by atoms with Crippen molar-refractivity contribution in [1.29, 1.82) is 0 Å². The van der Waals surface area contributed by atoms with Gasteiger partial charge in [-0.2, -0.15) is 0 Å². The van der Waals surface area contributed by atoms with Crippen molar-refractivity contribution in [3.63, 3.8) is 0 Å². The number of hydrogen-bond acceptors (Lipinski definition) is 3. The first-order chi connectivity index (χ1) is 8.50. The molecule has 0 aromatic carbocycles. The van der Waals surface area contributed by atoms with E-state index in [4.69, 9.17) is 15.9 Å². The van der Waals surface area contributed by atoms with Crippen LogP contribution in [-0.4, -0.2) is 29.2 Å². The van der Waals surface area contributed by atoms with Crippen molar-refractivity contribution in [2.24, 2.45) is 0 Å². The molecule has 1 aliphatic rings. The third kappa shape index (κ3) is 4.61. The molecule has 0 aromatic rings. The van der Waals surface area contributed by atoms with Crippen molar-refractivity contribution in [2.45, 2.75) is 83.4 Å². The highest BCUT2D eigenvalue weighted by Gasteiger charge is 2.43. The van der Waals surface area contributed by atoms with Crippen LogP contribution in [0.1, 0.15) is 59.3 Å². The third-order valence-electron chi connectivity index (χ3n) is 3.30. The van der Waals surface area contributed by atoms with Gasteiger partial charge >= 0.3 is 0 Å². The van der Waals surface area contributed by atoms with Gasteiger partial charge in [0.15, 0.2) is 5.79 Å². The van der Waals surface area contributed by atoms with Crippen LogP contribution in [0.2, 0.25) is 0 Å². The van der Waals surface area contributed by atoms with Crippen LogP contribution in [-0.2, 0) is 9.47 Å². The first-order valence-corrected chi connectivity index (χ1v) is 7.00.